The predicted octanol–water partition coefficient (Wildman–Crippen LogP) is 4.42. The Kier molecular flexibility index (Phi) is 5.15. The summed E-state index contributed by atoms with van der Waals surface area (Å²) in [5.74, 6) is 0.294. The number of hydrogen-bond acceptors (Lipinski definition) is 2. The monoisotopic (exact) mass is 304 g/mol. The molecular weight excluding hydrogens is 295 g/mol. The van der Waals surface area contributed by atoms with Gasteiger partial charge in [0.25, 0.3) is 0 Å². The molecule has 2 aromatic carbocycles. The van der Waals surface area contributed by atoms with Crippen molar-refractivity contribution in [1.82, 2.24) is 0 Å². The molecule has 2 aromatic rings. The molecule has 0 aliphatic rings. The Labute approximate surface area is 121 Å². The van der Waals surface area contributed by atoms with Crippen LogP contribution in [0.2, 0.25) is 10.0 Å². The van der Waals surface area contributed by atoms with Crippen molar-refractivity contribution in [2.24, 2.45) is 0 Å². The van der Waals surface area contributed by atoms with Crippen molar-refractivity contribution < 1.29 is 10.2 Å². The number of hydrogen-bond donors (Lipinski definition) is 2. The normalized spacial score (nSPS) is 9.89. The van der Waals surface area contributed by atoms with E-state index < -0.39 is 0 Å². The second-order valence-corrected chi connectivity index (χ2v) is 4.60. The Balaban J connectivity index is 0.00000162. The van der Waals surface area contributed by atoms with Gasteiger partial charge in [0.2, 0.25) is 0 Å². The molecule has 0 radical (unpaired) electrons. The summed E-state index contributed by atoms with van der Waals surface area (Å²) in [6.07, 6.45) is 0.374. The van der Waals surface area contributed by atoms with Crippen LogP contribution in [0.4, 0.5) is 0 Å². The van der Waals surface area contributed by atoms with Crippen LogP contribution in [0.3, 0.4) is 0 Å². The maximum Gasteiger partial charge on any atom is 0.119 e. The fraction of sp³-hybridized carbons (Fsp3) is 0.0769. The molecule has 0 spiro atoms. The van der Waals surface area contributed by atoms with E-state index in [0.29, 0.717) is 27.6 Å². The molecule has 0 unspecified atom stereocenters. The molecule has 0 saturated carbocycles. The summed E-state index contributed by atoms with van der Waals surface area (Å²) in [7, 11) is 0. The number of halogens is 3. The standard InChI is InChI=1S/C13H10Cl2O2.ClH/c14-10-1-3-12(16)8(6-10)5-9-7-11(15)2-4-13(9)17;/h1-4,6-7,16-17H,5H2;1H. The quantitative estimate of drug-likeness (QED) is 0.862. The van der Waals surface area contributed by atoms with E-state index in [1.807, 2.05) is 0 Å². The molecule has 0 bridgehead atoms. The zero-order chi connectivity index (χ0) is 12.4. The first-order valence-corrected chi connectivity index (χ1v) is 5.76. The Morgan fingerprint density at radius 1 is 0.778 bits per heavy atom. The Morgan fingerprint density at radius 3 is 1.56 bits per heavy atom. The largest absolute Gasteiger partial charge is 0.508 e. The SMILES string of the molecule is Cl.Oc1ccc(Cl)cc1Cc1cc(Cl)ccc1O. The average Bonchev–Trinajstić information content (AvgIpc) is 2.28. The van der Waals surface area contributed by atoms with Crippen molar-refractivity contribution in [3.05, 3.63) is 57.6 Å². The van der Waals surface area contributed by atoms with Gasteiger partial charge in [-0.3, -0.25) is 0 Å². The Bertz CT molecular complexity index is 506. The summed E-state index contributed by atoms with van der Waals surface area (Å²) >= 11 is 11.7. The number of aromatic hydroxyl groups is 2. The van der Waals surface area contributed by atoms with Crippen molar-refractivity contribution >= 4 is 35.6 Å². The number of benzene rings is 2. The smallest absolute Gasteiger partial charge is 0.119 e. The van der Waals surface area contributed by atoms with Crippen molar-refractivity contribution in [2.75, 3.05) is 0 Å². The van der Waals surface area contributed by atoms with E-state index in [2.05, 4.69) is 0 Å². The van der Waals surface area contributed by atoms with Gasteiger partial charge in [-0.05, 0) is 47.5 Å². The molecule has 5 heteroatoms. The molecule has 0 saturated heterocycles. The van der Waals surface area contributed by atoms with Crippen LogP contribution in [-0.4, -0.2) is 10.2 Å². The third-order valence-corrected chi connectivity index (χ3v) is 2.93. The van der Waals surface area contributed by atoms with Crippen LogP contribution in [0.25, 0.3) is 0 Å². The number of phenolic OH excluding ortho intramolecular Hbond substituents is 2. The zero-order valence-corrected chi connectivity index (χ0v) is 11.6. The summed E-state index contributed by atoms with van der Waals surface area (Å²) in [4.78, 5) is 0. The third kappa shape index (κ3) is 3.45. The molecule has 0 fully saturated rings. The van der Waals surface area contributed by atoms with Crippen LogP contribution in [0.15, 0.2) is 36.4 Å². The highest BCUT2D eigenvalue weighted by Gasteiger charge is 2.07. The summed E-state index contributed by atoms with van der Waals surface area (Å²) in [5.41, 5.74) is 1.30. The molecular formula is C13H11Cl3O2. The van der Waals surface area contributed by atoms with Gasteiger partial charge in [0.1, 0.15) is 11.5 Å². The van der Waals surface area contributed by atoms with Crippen molar-refractivity contribution in [1.29, 1.82) is 0 Å². The number of rotatable bonds is 2. The second-order valence-electron chi connectivity index (χ2n) is 3.72. The van der Waals surface area contributed by atoms with Crippen LogP contribution in [0, 0.1) is 0 Å². The molecule has 0 aliphatic carbocycles. The molecule has 2 nitrogen and oxygen atoms in total. The lowest BCUT2D eigenvalue weighted by atomic mass is 10.0. The van der Waals surface area contributed by atoms with E-state index in [1.165, 1.54) is 12.1 Å². The van der Waals surface area contributed by atoms with Crippen molar-refractivity contribution in [2.45, 2.75) is 6.42 Å². The van der Waals surface area contributed by atoms with E-state index >= 15 is 0 Å². The molecule has 18 heavy (non-hydrogen) atoms. The lowest BCUT2D eigenvalue weighted by Gasteiger charge is -2.07. The minimum atomic E-state index is 0. The summed E-state index contributed by atoms with van der Waals surface area (Å²) < 4.78 is 0. The van der Waals surface area contributed by atoms with Gasteiger partial charge in [0.05, 0.1) is 0 Å². The van der Waals surface area contributed by atoms with Crippen molar-refractivity contribution in [3.8, 4) is 11.5 Å². The topological polar surface area (TPSA) is 40.5 Å². The lowest BCUT2D eigenvalue weighted by molar-refractivity contribution is 0.463. The third-order valence-electron chi connectivity index (χ3n) is 2.46. The van der Waals surface area contributed by atoms with E-state index in [0.717, 1.165) is 0 Å². The van der Waals surface area contributed by atoms with Gasteiger partial charge in [-0.15, -0.1) is 12.4 Å². The molecule has 0 atom stereocenters. The fourth-order valence-electron chi connectivity index (χ4n) is 1.60. The second kappa shape index (κ2) is 6.19. The molecule has 2 N–H and O–H groups in total. The zero-order valence-electron chi connectivity index (χ0n) is 9.23. The highest BCUT2D eigenvalue weighted by molar-refractivity contribution is 6.31. The van der Waals surface area contributed by atoms with Gasteiger partial charge in [0, 0.05) is 16.5 Å². The van der Waals surface area contributed by atoms with Crippen LogP contribution >= 0.6 is 35.6 Å². The molecule has 0 aliphatic heterocycles. The summed E-state index contributed by atoms with van der Waals surface area (Å²) in [5, 5.41) is 20.4. The highest BCUT2D eigenvalue weighted by Crippen LogP contribution is 2.29. The van der Waals surface area contributed by atoms with E-state index in [4.69, 9.17) is 23.2 Å². The molecule has 0 aromatic heterocycles. The first-order chi connectivity index (χ1) is 8.06. The minimum Gasteiger partial charge on any atom is -0.508 e. The Hall–Kier alpha value is -1.09. The molecule has 0 amide bonds. The van der Waals surface area contributed by atoms with Crippen LogP contribution in [0.5, 0.6) is 11.5 Å². The van der Waals surface area contributed by atoms with Crippen LogP contribution in [0.1, 0.15) is 11.1 Å². The number of phenols is 2. The lowest BCUT2D eigenvalue weighted by Crippen LogP contribution is -1.90. The predicted molar refractivity (Wildman–Crippen MR) is 76.3 cm³/mol. The van der Waals surface area contributed by atoms with E-state index in [-0.39, 0.29) is 23.9 Å². The van der Waals surface area contributed by atoms with Gasteiger partial charge >= 0.3 is 0 Å². The Morgan fingerprint density at radius 2 is 1.17 bits per heavy atom. The van der Waals surface area contributed by atoms with E-state index in [9.17, 15) is 10.2 Å². The highest BCUT2D eigenvalue weighted by atomic mass is 35.5. The maximum atomic E-state index is 9.68. The molecule has 0 heterocycles. The van der Waals surface area contributed by atoms with Gasteiger partial charge in [0.15, 0.2) is 0 Å². The van der Waals surface area contributed by atoms with Crippen molar-refractivity contribution in [3.63, 3.8) is 0 Å². The first-order valence-electron chi connectivity index (χ1n) is 5.01. The minimum absolute atomic E-state index is 0. The van der Waals surface area contributed by atoms with E-state index in [1.54, 1.807) is 24.3 Å². The maximum absolute atomic E-state index is 9.68. The first kappa shape index (κ1) is 15.0. The summed E-state index contributed by atoms with van der Waals surface area (Å²) in [6.45, 7) is 0. The van der Waals surface area contributed by atoms with Gasteiger partial charge in [-0.25, -0.2) is 0 Å². The van der Waals surface area contributed by atoms with Crippen LogP contribution < -0.4 is 0 Å². The fourth-order valence-corrected chi connectivity index (χ4v) is 1.99. The van der Waals surface area contributed by atoms with Gasteiger partial charge in [-0.2, -0.15) is 0 Å². The molecule has 2 rings (SSSR count). The molecule has 96 valence electrons. The van der Waals surface area contributed by atoms with Crippen LogP contribution in [-0.2, 0) is 6.42 Å². The van der Waals surface area contributed by atoms with Gasteiger partial charge < -0.3 is 10.2 Å². The summed E-state index contributed by atoms with van der Waals surface area (Å²) in [6, 6.07) is 9.60. The average molecular weight is 306 g/mol. The van der Waals surface area contributed by atoms with Gasteiger partial charge in [-0.1, -0.05) is 23.2 Å².